The lowest BCUT2D eigenvalue weighted by molar-refractivity contribution is -0.111. The molecule has 2 rings (SSSR count). The largest absolute Gasteiger partial charge is 0.495 e. The highest BCUT2D eigenvalue weighted by molar-refractivity contribution is 7.18. The Morgan fingerprint density at radius 1 is 1.30 bits per heavy atom. The molecule has 2 aromatic rings. The molecule has 1 aromatic heterocycles. The standard InChI is InChI=1S/C18H14Cl2N2O4S/c1-9-12(8-21)17(27-16(9)18(24)26-3)22-14(23)5-4-10-6-11(19)7-13(20)15(10)25-2/h4-7H,1-3H3,(H,22,23). The fourth-order valence-electron chi connectivity index (χ4n) is 2.26. The molecule has 0 aliphatic carbocycles. The Hall–Kier alpha value is -2.53. The van der Waals surface area contributed by atoms with Crippen LogP contribution in [0.4, 0.5) is 5.00 Å². The van der Waals surface area contributed by atoms with Crippen LogP contribution in [0.3, 0.4) is 0 Å². The van der Waals surface area contributed by atoms with E-state index in [0.717, 1.165) is 11.3 Å². The average molecular weight is 425 g/mol. The van der Waals surface area contributed by atoms with Gasteiger partial charge in [0, 0.05) is 16.7 Å². The highest BCUT2D eigenvalue weighted by atomic mass is 35.5. The summed E-state index contributed by atoms with van der Waals surface area (Å²) in [6.07, 6.45) is 2.73. The van der Waals surface area contributed by atoms with Gasteiger partial charge in [0.1, 0.15) is 21.7 Å². The number of amides is 1. The fraction of sp³-hybridized carbons (Fsp3) is 0.167. The van der Waals surface area contributed by atoms with Crippen LogP contribution in [-0.4, -0.2) is 26.1 Å². The van der Waals surface area contributed by atoms with Crippen molar-refractivity contribution in [3.63, 3.8) is 0 Å². The molecule has 0 spiro atoms. The van der Waals surface area contributed by atoms with Crippen molar-refractivity contribution in [2.75, 3.05) is 19.5 Å². The molecule has 1 N–H and O–H groups in total. The van der Waals surface area contributed by atoms with Gasteiger partial charge in [0.25, 0.3) is 0 Å². The van der Waals surface area contributed by atoms with Crippen LogP contribution in [0.5, 0.6) is 5.75 Å². The molecule has 6 nitrogen and oxygen atoms in total. The number of nitrogens with zero attached hydrogens (tertiary/aromatic N) is 1. The van der Waals surface area contributed by atoms with Crippen LogP contribution in [0.1, 0.15) is 26.4 Å². The molecule has 0 aliphatic heterocycles. The van der Waals surface area contributed by atoms with E-state index in [-0.39, 0.29) is 15.4 Å². The highest BCUT2D eigenvalue weighted by Gasteiger charge is 2.21. The second-order valence-corrected chi connectivity index (χ2v) is 7.06. The molecule has 1 amide bonds. The Kier molecular flexibility index (Phi) is 6.86. The van der Waals surface area contributed by atoms with E-state index in [4.69, 9.17) is 27.9 Å². The van der Waals surface area contributed by atoms with Crippen molar-refractivity contribution in [3.8, 4) is 11.8 Å². The number of nitrogens with one attached hydrogen (secondary N) is 1. The third-order valence-corrected chi connectivity index (χ3v) is 5.21. The lowest BCUT2D eigenvalue weighted by Gasteiger charge is -2.07. The zero-order valence-corrected chi connectivity index (χ0v) is 16.9. The van der Waals surface area contributed by atoms with Crippen molar-refractivity contribution in [2.45, 2.75) is 6.92 Å². The van der Waals surface area contributed by atoms with Crippen LogP contribution in [0.15, 0.2) is 18.2 Å². The van der Waals surface area contributed by atoms with E-state index in [2.05, 4.69) is 10.1 Å². The summed E-state index contributed by atoms with van der Waals surface area (Å²) in [4.78, 5) is 24.3. The van der Waals surface area contributed by atoms with Gasteiger partial charge in [-0.2, -0.15) is 5.26 Å². The van der Waals surface area contributed by atoms with Gasteiger partial charge in [0.2, 0.25) is 5.91 Å². The maximum absolute atomic E-state index is 12.3. The first-order chi connectivity index (χ1) is 12.8. The van der Waals surface area contributed by atoms with Crippen LogP contribution >= 0.6 is 34.5 Å². The summed E-state index contributed by atoms with van der Waals surface area (Å²) in [5.74, 6) is -0.687. The number of thiophene rings is 1. The van der Waals surface area contributed by atoms with Gasteiger partial charge in [-0.3, -0.25) is 4.79 Å². The van der Waals surface area contributed by atoms with Crippen molar-refractivity contribution in [1.82, 2.24) is 0 Å². The van der Waals surface area contributed by atoms with Crippen LogP contribution in [0, 0.1) is 18.3 Å². The molecule has 0 radical (unpaired) electrons. The van der Waals surface area contributed by atoms with E-state index in [0.29, 0.717) is 26.9 Å². The Morgan fingerprint density at radius 2 is 2.00 bits per heavy atom. The number of carbonyl (C=O) groups is 2. The molecule has 0 atom stereocenters. The second-order valence-electron chi connectivity index (χ2n) is 5.20. The van der Waals surface area contributed by atoms with E-state index in [1.165, 1.54) is 32.4 Å². The summed E-state index contributed by atoms with van der Waals surface area (Å²) in [7, 11) is 2.70. The number of benzene rings is 1. The van der Waals surface area contributed by atoms with Crippen LogP contribution < -0.4 is 10.1 Å². The van der Waals surface area contributed by atoms with E-state index in [9.17, 15) is 14.9 Å². The van der Waals surface area contributed by atoms with Crippen LogP contribution in [-0.2, 0) is 9.53 Å². The number of esters is 1. The molecule has 0 aliphatic rings. The van der Waals surface area contributed by atoms with E-state index >= 15 is 0 Å². The summed E-state index contributed by atoms with van der Waals surface area (Å²) in [5, 5.41) is 12.9. The molecule has 9 heteroatoms. The van der Waals surface area contributed by atoms with Crippen molar-refractivity contribution < 1.29 is 19.1 Å². The smallest absolute Gasteiger partial charge is 0.348 e. The lowest BCUT2D eigenvalue weighted by atomic mass is 10.1. The minimum absolute atomic E-state index is 0.213. The Balaban J connectivity index is 2.28. The van der Waals surface area contributed by atoms with Gasteiger partial charge < -0.3 is 14.8 Å². The fourth-order valence-corrected chi connectivity index (χ4v) is 3.93. The molecular weight excluding hydrogens is 411 g/mol. The van der Waals surface area contributed by atoms with E-state index in [1.807, 2.05) is 6.07 Å². The molecule has 0 saturated heterocycles. The minimum atomic E-state index is -0.566. The number of hydrogen-bond acceptors (Lipinski definition) is 6. The second kappa shape index (κ2) is 8.91. The molecule has 1 heterocycles. The number of halogens is 2. The van der Waals surface area contributed by atoms with Crippen LogP contribution in [0.2, 0.25) is 10.0 Å². The first-order valence-corrected chi connectivity index (χ1v) is 9.03. The number of rotatable bonds is 5. The SMILES string of the molecule is COC(=O)c1sc(NC(=O)C=Cc2cc(Cl)cc(Cl)c2OC)c(C#N)c1C. The third-order valence-electron chi connectivity index (χ3n) is 3.52. The highest BCUT2D eigenvalue weighted by Crippen LogP contribution is 2.34. The van der Waals surface area contributed by atoms with Gasteiger partial charge >= 0.3 is 5.97 Å². The Labute approximate surface area is 169 Å². The number of nitriles is 1. The van der Waals surface area contributed by atoms with Gasteiger partial charge in [-0.15, -0.1) is 11.3 Å². The summed E-state index contributed by atoms with van der Waals surface area (Å²) in [6.45, 7) is 1.62. The average Bonchev–Trinajstić information content (AvgIpc) is 2.94. The molecule has 0 fully saturated rings. The quantitative estimate of drug-likeness (QED) is 0.555. The van der Waals surface area contributed by atoms with Crippen molar-refractivity contribution in [2.24, 2.45) is 0 Å². The summed E-state index contributed by atoms with van der Waals surface area (Å²) < 4.78 is 9.89. The molecule has 0 bridgehead atoms. The number of anilines is 1. The van der Waals surface area contributed by atoms with Crippen molar-refractivity contribution in [3.05, 3.63) is 49.8 Å². The normalized spacial score (nSPS) is 10.5. The maximum atomic E-state index is 12.3. The first-order valence-electron chi connectivity index (χ1n) is 7.46. The van der Waals surface area contributed by atoms with Gasteiger partial charge in [0.05, 0.1) is 24.8 Å². The molecule has 1 aromatic carbocycles. The zero-order valence-electron chi connectivity index (χ0n) is 14.6. The molecule has 0 saturated carbocycles. The summed E-state index contributed by atoms with van der Waals surface area (Å²) in [5.41, 5.74) is 1.19. The monoisotopic (exact) mass is 424 g/mol. The number of hydrogen-bond donors (Lipinski definition) is 1. The molecular formula is C18H14Cl2N2O4S. The third kappa shape index (κ3) is 4.61. The Morgan fingerprint density at radius 3 is 2.59 bits per heavy atom. The van der Waals surface area contributed by atoms with E-state index in [1.54, 1.807) is 13.0 Å². The lowest BCUT2D eigenvalue weighted by Crippen LogP contribution is -2.07. The van der Waals surface area contributed by atoms with Crippen molar-refractivity contribution in [1.29, 1.82) is 5.26 Å². The first kappa shape index (κ1) is 20.8. The van der Waals surface area contributed by atoms with E-state index < -0.39 is 11.9 Å². The van der Waals surface area contributed by atoms with Gasteiger partial charge in [-0.1, -0.05) is 23.2 Å². The molecule has 0 unspecified atom stereocenters. The molecule has 140 valence electrons. The number of carbonyl (C=O) groups excluding carboxylic acids is 2. The Bertz CT molecular complexity index is 977. The summed E-state index contributed by atoms with van der Waals surface area (Å²) >= 11 is 13.0. The van der Waals surface area contributed by atoms with Gasteiger partial charge in [0.15, 0.2) is 0 Å². The number of ether oxygens (including phenoxy) is 2. The van der Waals surface area contributed by atoms with Crippen molar-refractivity contribution >= 4 is 57.5 Å². The van der Waals surface area contributed by atoms with Gasteiger partial charge in [-0.25, -0.2) is 4.79 Å². The van der Waals surface area contributed by atoms with Gasteiger partial charge in [-0.05, 0) is 30.7 Å². The summed E-state index contributed by atoms with van der Waals surface area (Å²) in [6, 6.07) is 5.11. The zero-order chi connectivity index (χ0) is 20.1. The molecule has 27 heavy (non-hydrogen) atoms. The predicted molar refractivity (Wildman–Crippen MR) is 106 cm³/mol. The number of methoxy groups -OCH3 is 2. The van der Waals surface area contributed by atoms with Crippen LogP contribution in [0.25, 0.3) is 6.08 Å². The predicted octanol–water partition coefficient (Wildman–Crippen LogP) is 4.68. The topological polar surface area (TPSA) is 88.4 Å². The maximum Gasteiger partial charge on any atom is 0.348 e. The minimum Gasteiger partial charge on any atom is -0.495 e.